The Bertz CT molecular complexity index is 358. The van der Waals surface area contributed by atoms with Crippen molar-refractivity contribution in [1.29, 1.82) is 0 Å². The van der Waals surface area contributed by atoms with Gasteiger partial charge in [0, 0.05) is 12.8 Å². The highest BCUT2D eigenvalue weighted by Crippen LogP contribution is 2.22. The van der Waals surface area contributed by atoms with Crippen molar-refractivity contribution < 1.29 is 4.58 Å². The van der Waals surface area contributed by atoms with Crippen LogP contribution in [0.25, 0.3) is 0 Å². The maximum atomic E-state index is 4.13. The SMILES string of the molecule is C1=[N+](C2CCCCC2)Cn2cncc21. The topological polar surface area (TPSA) is 20.8 Å². The Balaban J connectivity index is 1.78. The molecule has 2 aliphatic rings. The standard InChI is InChI=1S/C11H16N3/c1-2-4-10(5-3-1)13-7-11-6-12-8-14(11)9-13/h6-8,10H,1-5,9H2/q+1. The summed E-state index contributed by atoms with van der Waals surface area (Å²) in [4.78, 5) is 4.13. The number of rotatable bonds is 1. The zero-order valence-electron chi connectivity index (χ0n) is 8.39. The van der Waals surface area contributed by atoms with Crippen LogP contribution in [0.1, 0.15) is 37.8 Å². The lowest BCUT2D eigenvalue weighted by Crippen LogP contribution is -2.27. The molecule has 14 heavy (non-hydrogen) atoms. The van der Waals surface area contributed by atoms with Gasteiger partial charge in [-0.15, -0.1) is 0 Å². The van der Waals surface area contributed by atoms with E-state index in [4.69, 9.17) is 0 Å². The minimum absolute atomic E-state index is 0.781. The molecular formula is C11H16N3+. The van der Waals surface area contributed by atoms with E-state index in [1.54, 1.807) is 0 Å². The van der Waals surface area contributed by atoms with Crippen molar-refractivity contribution in [2.24, 2.45) is 0 Å². The monoisotopic (exact) mass is 190 g/mol. The predicted molar refractivity (Wildman–Crippen MR) is 54.5 cm³/mol. The molecule has 1 saturated carbocycles. The number of fused-ring (bicyclic) bond motifs is 1. The zero-order valence-corrected chi connectivity index (χ0v) is 8.39. The minimum atomic E-state index is 0.781. The first-order chi connectivity index (χ1) is 6.93. The fraction of sp³-hybridized carbons (Fsp3) is 0.636. The summed E-state index contributed by atoms with van der Waals surface area (Å²) in [5.41, 5.74) is 1.26. The molecule has 0 N–H and O–H groups in total. The molecule has 3 nitrogen and oxygen atoms in total. The van der Waals surface area contributed by atoms with Crippen LogP contribution in [0.3, 0.4) is 0 Å². The highest BCUT2D eigenvalue weighted by molar-refractivity contribution is 5.73. The van der Waals surface area contributed by atoms with Gasteiger partial charge >= 0.3 is 0 Å². The van der Waals surface area contributed by atoms with Crippen molar-refractivity contribution >= 4 is 6.21 Å². The summed E-state index contributed by atoms with van der Waals surface area (Å²) in [6.45, 7) is 1.01. The number of imidazole rings is 1. The Morgan fingerprint density at radius 2 is 2.14 bits per heavy atom. The first-order valence-electron chi connectivity index (χ1n) is 5.54. The summed E-state index contributed by atoms with van der Waals surface area (Å²) in [7, 11) is 0. The molecule has 0 unspecified atom stereocenters. The van der Waals surface area contributed by atoms with Gasteiger partial charge in [0.05, 0.1) is 6.20 Å². The normalized spacial score (nSPS) is 22.1. The third kappa shape index (κ3) is 1.27. The van der Waals surface area contributed by atoms with Crippen molar-refractivity contribution in [1.82, 2.24) is 9.55 Å². The average molecular weight is 190 g/mol. The molecule has 0 atom stereocenters. The van der Waals surface area contributed by atoms with Gasteiger partial charge in [-0.1, -0.05) is 6.42 Å². The Morgan fingerprint density at radius 3 is 2.93 bits per heavy atom. The molecule has 0 radical (unpaired) electrons. The smallest absolute Gasteiger partial charge is 0.224 e. The molecule has 1 aromatic heterocycles. The largest absolute Gasteiger partial charge is 0.269 e. The van der Waals surface area contributed by atoms with Crippen LogP contribution in [0, 0.1) is 0 Å². The molecule has 0 amide bonds. The van der Waals surface area contributed by atoms with Gasteiger partial charge in [0.2, 0.25) is 6.67 Å². The van der Waals surface area contributed by atoms with Crippen molar-refractivity contribution in [2.45, 2.75) is 44.8 Å². The van der Waals surface area contributed by atoms with Crippen LogP contribution < -0.4 is 0 Å². The second kappa shape index (κ2) is 3.23. The third-order valence-corrected chi connectivity index (χ3v) is 3.40. The number of hydrogen-bond donors (Lipinski definition) is 0. The van der Waals surface area contributed by atoms with E-state index in [9.17, 15) is 0 Å². The fourth-order valence-electron chi connectivity index (χ4n) is 2.58. The van der Waals surface area contributed by atoms with Gasteiger partial charge in [-0.25, -0.2) is 9.56 Å². The van der Waals surface area contributed by atoms with E-state index in [2.05, 4.69) is 20.3 Å². The van der Waals surface area contributed by atoms with E-state index in [0.717, 1.165) is 12.7 Å². The molecule has 2 heterocycles. The van der Waals surface area contributed by atoms with E-state index in [1.165, 1.54) is 37.8 Å². The lowest BCUT2D eigenvalue weighted by atomic mass is 9.95. The molecule has 3 rings (SSSR count). The number of hydrogen-bond acceptors (Lipinski definition) is 1. The van der Waals surface area contributed by atoms with Crippen LogP contribution in [0.4, 0.5) is 0 Å². The Hall–Kier alpha value is -1.12. The summed E-state index contributed by atoms with van der Waals surface area (Å²) in [5.74, 6) is 0. The van der Waals surface area contributed by atoms with Gasteiger partial charge in [-0.2, -0.15) is 0 Å². The molecule has 1 aliphatic carbocycles. The molecule has 1 fully saturated rings. The van der Waals surface area contributed by atoms with Gasteiger partial charge in [-0.3, -0.25) is 4.57 Å². The van der Waals surface area contributed by atoms with E-state index in [1.807, 2.05) is 12.5 Å². The molecule has 0 aromatic carbocycles. The fourth-order valence-corrected chi connectivity index (χ4v) is 2.58. The minimum Gasteiger partial charge on any atom is -0.269 e. The number of nitrogens with zero attached hydrogens (tertiary/aromatic N) is 3. The third-order valence-electron chi connectivity index (χ3n) is 3.40. The Morgan fingerprint density at radius 1 is 1.29 bits per heavy atom. The van der Waals surface area contributed by atoms with Crippen molar-refractivity contribution in [3.05, 3.63) is 18.2 Å². The molecule has 0 spiro atoms. The van der Waals surface area contributed by atoms with E-state index < -0.39 is 0 Å². The van der Waals surface area contributed by atoms with Gasteiger partial charge in [0.25, 0.3) is 0 Å². The lowest BCUT2D eigenvalue weighted by molar-refractivity contribution is -0.588. The second-order valence-electron chi connectivity index (χ2n) is 4.36. The van der Waals surface area contributed by atoms with E-state index >= 15 is 0 Å². The maximum absolute atomic E-state index is 4.13. The van der Waals surface area contributed by atoms with Crippen LogP contribution in [0.2, 0.25) is 0 Å². The van der Waals surface area contributed by atoms with Crippen molar-refractivity contribution in [3.8, 4) is 0 Å². The maximum Gasteiger partial charge on any atom is 0.224 e. The molecule has 3 heteroatoms. The van der Waals surface area contributed by atoms with Gasteiger partial charge in [0.15, 0.2) is 12.3 Å². The Kier molecular flexibility index (Phi) is 1.89. The van der Waals surface area contributed by atoms with E-state index in [-0.39, 0.29) is 0 Å². The summed E-state index contributed by atoms with van der Waals surface area (Å²) < 4.78 is 4.70. The quantitative estimate of drug-likeness (QED) is 0.616. The van der Waals surface area contributed by atoms with Crippen molar-refractivity contribution in [3.63, 3.8) is 0 Å². The zero-order chi connectivity index (χ0) is 9.38. The van der Waals surface area contributed by atoms with Crippen LogP contribution in [-0.2, 0) is 6.67 Å². The van der Waals surface area contributed by atoms with E-state index in [0.29, 0.717) is 0 Å². The summed E-state index contributed by atoms with van der Waals surface area (Å²) in [6.07, 6.45) is 13.1. The first-order valence-corrected chi connectivity index (χ1v) is 5.54. The molecule has 74 valence electrons. The first kappa shape index (κ1) is 8.21. The van der Waals surface area contributed by atoms with Crippen LogP contribution in [-0.4, -0.2) is 26.4 Å². The van der Waals surface area contributed by atoms with Crippen LogP contribution >= 0.6 is 0 Å². The second-order valence-corrected chi connectivity index (χ2v) is 4.36. The van der Waals surface area contributed by atoms with Gasteiger partial charge in [-0.05, 0) is 12.8 Å². The highest BCUT2D eigenvalue weighted by Gasteiger charge is 2.27. The molecule has 1 aromatic rings. The molecule has 1 aliphatic heterocycles. The molecule has 0 bridgehead atoms. The van der Waals surface area contributed by atoms with Crippen LogP contribution in [0.5, 0.6) is 0 Å². The number of aromatic nitrogens is 2. The summed E-state index contributed by atoms with van der Waals surface area (Å²) in [6, 6.07) is 0.781. The summed E-state index contributed by atoms with van der Waals surface area (Å²) in [5, 5.41) is 0. The lowest BCUT2D eigenvalue weighted by Gasteiger charge is -2.18. The summed E-state index contributed by atoms with van der Waals surface area (Å²) >= 11 is 0. The van der Waals surface area contributed by atoms with Crippen molar-refractivity contribution in [2.75, 3.05) is 0 Å². The predicted octanol–water partition coefficient (Wildman–Crippen LogP) is 1.62. The Labute approximate surface area is 84.1 Å². The highest BCUT2D eigenvalue weighted by atomic mass is 15.3. The molecular weight excluding hydrogens is 174 g/mol. The molecule has 0 saturated heterocycles. The van der Waals surface area contributed by atoms with Gasteiger partial charge in [0.1, 0.15) is 12.0 Å². The van der Waals surface area contributed by atoms with Gasteiger partial charge < -0.3 is 0 Å². The average Bonchev–Trinajstić information content (AvgIpc) is 2.78. The van der Waals surface area contributed by atoms with Crippen LogP contribution in [0.15, 0.2) is 12.5 Å².